The van der Waals surface area contributed by atoms with E-state index < -0.39 is 20.2 Å². The molecule has 0 amide bonds. The zero-order valence-corrected chi connectivity index (χ0v) is 18.9. The Morgan fingerprint density at radius 3 is 1.55 bits per heavy atom. The van der Waals surface area contributed by atoms with Gasteiger partial charge in [0.25, 0.3) is 0 Å². The molecule has 7 nitrogen and oxygen atoms in total. The summed E-state index contributed by atoms with van der Waals surface area (Å²) in [5.74, 6) is 0.403. The Morgan fingerprint density at radius 1 is 0.828 bits per heavy atom. The van der Waals surface area contributed by atoms with Crippen LogP contribution in [-0.2, 0) is 24.4 Å². The molecule has 0 atom stereocenters. The van der Waals surface area contributed by atoms with E-state index in [4.69, 9.17) is 4.18 Å². The molecular formula is C20H27NO6S2. The highest BCUT2D eigenvalue weighted by Crippen LogP contribution is 2.13. The van der Waals surface area contributed by atoms with Crippen LogP contribution in [-0.4, -0.2) is 45.0 Å². The molecule has 2 aromatic carbocycles. The van der Waals surface area contributed by atoms with Crippen molar-refractivity contribution in [2.75, 3.05) is 13.1 Å². The zero-order valence-electron chi connectivity index (χ0n) is 17.2. The minimum absolute atomic E-state index is 0.178. The van der Waals surface area contributed by atoms with Crippen molar-refractivity contribution < 1.29 is 30.1 Å². The van der Waals surface area contributed by atoms with Crippen LogP contribution in [0.1, 0.15) is 31.9 Å². The van der Waals surface area contributed by atoms with Crippen molar-refractivity contribution in [2.45, 2.75) is 44.4 Å². The van der Waals surface area contributed by atoms with Crippen molar-refractivity contribution in [3.05, 3.63) is 59.7 Å². The van der Waals surface area contributed by atoms with E-state index in [-0.39, 0.29) is 9.79 Å². The summed E-state index contributed by atoms with van der Waals surface area (Å²) < 4.78 is 62.2. The molecule has 0 N–H and O–H groups in total. The van der Waals surface area contributed by atoms with Gasteiger partial charge in [-0.2, -0.15) is 8.42 Å². The van der Waals surface area contributed by atoms with E-state index in [1.807, 2.05) is 32.3 Å². The predicted octanol–water partition coefficient (Wildman–Crippen LogP) is 3.07. The van der Waals surface area contributed by atoms with Crippen LogP contribution >= 0.6 is 0 Å². The minimum Gasteiger partial charge on any atom is -0.744 e. The smallest absolute Gasteiger partial charge is 0.349 e. The Bertz CT molecular complexity index is 1030. The van der Waals surface area contributed by atoms with Gasteiger partial charge < -0.3 is 8.74 Å². The summed E-state index contributed by atoms with van der Waals surface area (Å²) in [4.78, 5) is 0.00251. The average molecular weight is 442 g/mol. The van der Waals surface area contributed by atoms with Crippen LogP contribution in [0.5, 0.6) is 0 Å². The molecule has 0 spiro atoms. The van der Waals surface area contributed by atoms with E-state index in [0.29, 0.717) is 19.0 Å². The Balaban J connectivity index is 0.000000326. The molecule has 0 aliphatic rings. The van der Waals surface area contributed by atoms with Gasteiger partial charge in [-0.15, -0.1) is 0 Å². The molecule has 0 aliphatic carbocycles. The van der Waals surface area contributed by atoms with Crippen LogP contribution in [0, 0.1) is 13.8 Å². The number of aryl methyl sites for hydroxylation is 2. The summed E-state index contributed by atoms with van der Waals surface area (Å²) in [7, 11) is -7.99. The van der Waals surface area contributed by atoms with E-state index in [9.17, 15) is 21.4 Å². The van der Waals surface area contributed by atoms with Gasteiger partial charge in [-0.05, 0) is 52.0 Å². The Hall–Kier alpha value is -2.23. The fraction of sp³-hybridized carbons (Fsp3) is 0.350. The van der Waals surface area contributed by atoms with Gasteiger partial charge in [0.2, 0.25) is 0 Å². The third-order valence-electron chi connectivity index (χ3n) is 4.06. The molecule has 0 bridgehead atoms. The molecule has 0 radical (unpaired) electrons. The fourth-order valence-corrected chi connectivity index (χ4v) is 3.80. The Morgan fingerprint density at radius 2 is 1.21 bits per heavy atom. The summed E-state index contributed by atoms with van der Waals surface area (Å²) in [6.45, 7) is 10.7. The van der Waals surface area contributed by atoms with Gasteiger partial charge in [-0.25, -0.2) is 13.0 Å². The van der Waals surface area contributed by atoms with Gasteiger partial charge in [0, 0.05) is 0 Å². The van der Waals surface area contributed by atoms with Crippen molar-refractivity contribution in [1.29, 1.82) is 0 Å². The van der Waals surface area contributed by atoms with Crippen LogP contribution in [0.2, 0.25) is 0 Å². The maximum Gasteiger partial charge on any atom is 0.349 e. The van der Waals surface area contributed by atoms with Crippen molar-refractivity contribution in [2.24, 2.45) is 0 Å². The Kier molecular flexibility index (Phi) is 9.00. The minimum atomic E-state index is -4.27. The maximum absolute atomic E-state index is 12.0. The first-order chi connectivity index (χ1) is 13.4. The highest BCUT2D eigenvalue weighted by Gasteiger charge is 2.20. The van der Waals surface area contributed by atoms with Gasteiger partial charge in [0.15, 0.2) is 0 Å². The molecule has 0 saturated heterocycles. The number of benzene rings is 2. The second kappa shape index (κ2) is 10.5. The second-order valence-corrected chi connectivity index (χ2v) is 9.23. The standard InChI is InChI=1S/C13H20NO3S.C7H8O3S/c1-5-14(6-2)12(4)17-18(15,16)13-9-7-11(3)8-10-13;1-6-2-4-7(5-3-6)11(8,9)10/h7-10H,5-6H2,1-4H3;2-5H,1H3,(H,8,9,10)/q+1;/p-1. The topological polar surface area (TPSA) is 104 Å². The number of hydrogen-bond acceptors (Lipinski definition) is 6. The van der Waals surface area contributed by atoms with Crippen LogP contribution in [0.15, 0.2) is 58.3 Å². The molecule has 0 aliphatic heterocycles. The van der Waals surface area contributed by atoms with Crippen molar-refractivity contribution in [1.82, 2.24) is 0 Å². The van der Waals surface area contributed by atoms with E-state index in [2.05, 4.69) is 0 Å². The number of rotatable bonds is 5. The van der Waals surface area contributed by atoms with Crippen LogP contribution in [0.3, 0.4) is 0 Å². The third kappa shape index (κ3) is 7.96. The summed E-state index contributed by atoms with van der Waals surface area (Å²) in [6.07, 6.45) is 0. The normalized spacial score (nSPS) is 11.2. The molecule has 29 heavy (non-hydrogen) atoms. The van der Waals surface area contributed by atoms with Gasteiger partial charge in [0.05, 0.1) is 11.8 Å². The highest BCUT2D eigenvalue weighted by atomic mass is 32.2. The molecule has 0 saturated carbocycles. The molecule has 0 unspecified atom stereocenters. The lowest BCUT2D eigenvalue weighted by Crippen LogP contribution is -2.23. The quantitative estimate of drug-likeness (QED) is 0.232. The summed E-state index contributed by atoms with van der Waals surface area (Å²) in [6, 6.07) is 12.4. The van der Waals surface area contributed by atoms with Crippen molar-refractivity contribution >= 4 is 26.1 Å². The molecule has 160 valence electrons. The third-order valence-corrected chi connectivity index (χ3v) is 6.22. The lowest BCUT2D eigenvalue weighted by molar-refractivity contribution is -0.527. The van der Waals surface area contributed by atoms with Crippen molar-refractivity contribution in [3.63, 3.8) is 0 Å². The molecule has 2 rings (SSSR count). The van der Waals surface area contributed by atoms with E-state index >= 15 is 0 Å². The van der Waals surface area contributed by atoms with Crippen LogP contribution in [0.4, 0.5) is 0 Å². The van der Waals surface area contributed by atoms with Gasteiger partial charge in [-0.3, -0.25) is 0 Å². The Labute approximate surface area is 173 Å². The predicted molar refractivity (Wildman–Crippen MR) is 111 cm³/mol. The molecule has 0 fully saturated rings. The van der Waals surface area contributed by atoms with Crippen LogP contribution < -0.4 is 0 Å². The fourth-order valence-electron chi connectivity index (χ4n) is 2.34. The monoisotopic (exact) mass is 441 g/mol. The SMILES string of the molecule is CC[N+](CC)=C(C)OS(=O)(=O)c1ccc(C)cc1.Cc1ccc(S(=O)(=O)[O-])cc1. The van der Waals surface area contributed by atoms with E-state index in [1.54, 1.807) is 43.3 Å². The van der Waals surface area contributed by atoms with Gasteiger partial charge in [-0.1, -0.05) is 35.4 Å². The summed E-state index contributed by atoms with van der Waals surface area (Å²) >= 11 is 0. The highest BCUT2D eigenvalue weighted by molar-refractivity contribution is 7.87. The first-order valence-corrected chi connectivity index (χ1v) is 11.8. The molecular weight excluding hydrogens is 414 g/mol. The lowest BCUT2D eigenvalue weighted by atomic mass is 10.2. The molecule has 0 heterocycles. The molecule has 0 aromatic heterocycles. The summed E-state index contributed by atoms with van der Waals surface area (Å²) in [5, 5.41) is 0. The molecule has 2 aromatic rings. The zero-order chi connectivity index (χ0) is 22.2. The lowest BCUT2D eigenvalue weighted by Gasteiger charge is -2.06. The van der Waals surface area contributed by atoms with Crippen molar-refractivity contribution in [3.8, 4) is 0 Å². The van der Waals surface area contributed by atoms with Gasteiger partial charge in [0.1, 0.15) is 28.1 Å². The number of hydrogen-bond donors (Lipinski definition) is 0. The van der Waals surface area contributed by atoms with Gasteiger partial charge >= 0.3 is 16.0 Å². The largest absolute Gasteiger partial charge is 0.744 e. The molecule has 9 heteroatoms. The number of nitrogens with zero attached hydrogens (tertiary/aromatic N) is 1. The van der Waals surface area contributed by atoms with E-state index in [1.165, 1.54) is 12.1 Å². The van der Waals surface area contributed by atoms with Crippen LogP contribution in [0.25, 0.3) is 0 Å². The van der Waals surface area contributed by atoms with E-state index in [0.717, 1.165) is 11.1 Å². The first kappa shape index (κ1) is 24.8. The average Bonchev–Trinajstić information content (AvgIpc) is 2.63. The second-order valence-electron chi connectivity index (χ2n) is 6.31. The maximum atomic E-state index is 12.0. The first-order valence-electron chi connectivity index (χ1n) is 9.03. The summed E-state index contributed by atoms with van der Waals surface area (Å²) in [5.41, 5.74) is 1.94.